The molecule has 0 fully saturated rings. The molecule has 2 rings (SSSR count). The average Bonchev–Trinajstić information content (AvgIpc) is 2.68. The number of halogens is 1. The molecule has 1 heterocycles. The van der Waals surface area contributed by atoms with Crippen molar-refractivity contribution in [1.82, 2.24) is 9.78 Å². The van der Waals surface area contributed by atoms with Gasteiger partial charge in [0.2, 0.25) is 0 Å². The van der Waals surface area contributed by atoms with Gasteiger partial charge in [0.15, 0.2) is 5.78 Å². The Labute approximate surface area is 118 Å². The van der Waals surface area contributed by atoms with Crippen LogP contribution >= 0.6 is 11.6 Å². The minimum Gasteiger partial charge on any atom is -0.294 e. The molecule has 19 heavy (non-hydrogen) atoms. The molecule has 0 aliphatic rings. The van der Waals surface area contributed by atoms with E-state index in [0.29, 0.717) is 17.0 Å². The summed E-state index contributed by atoms with van der Waals surface area (Å²) < 4.78 is 1.87. The van der Waals surface area contributed by atoms with Gasteiger partial charge in [-0.3, -0.25) is 9.48 Å². The third kappa shape index (κ3) is 3.24. The fourth-order valence-corrected chi connectivity index (χ4v) is 2.47. The Morgan fingerprint density at radius 1 is 1.26 bits per heavy atom. The second kappa shape index (κ2) is 5.57. The molecule has 1 aromatic heterocycles. The lowest BCUT2D eigenvalue weighted by atomic mass is 10.0. The summed E-state index contributed by atoms with van der Waals surface area (Å²) in [6, 6.07) is 7.39. The minimum absolute atomic E-state index is 0.0696. The molecule has 2 aromatic rings. The molecule has 1 aromatic carbocycles. The molecule has 0 spiro atoms. The molecule has 0 amide bonds. The Kier molecular flexibility index (Phi) is 4.05. The van der Waals surface area contributed by atoms with E-state index in [4.69, 9.17) is 11.6 Å². The highest BCUT2D eigenvalue weighted by molar-refractivity contribution is 6.31. The molecule has 0 N–H and O–H groups in total. The SMILES string of the molecule is CCn1nc(C)cc1CC(=O)c1cc(C)cc(Cl)c1. The first-order chi connectivity index (χ1) is 8.99. The topological polar surface area (TPSA) is 34.9 Å². The highest BCUT2D eigenvalue weighted by atomic mass is 35.5. The van der Waals surface area contributed by atoms with Gasteiger partial charge in [0.05, 0.1) is 12.1 Å². The summed E-state index contributed by atoms with van der Waals surface area (Å²) in [4.78, 5) is 12.3. The molecule has 0 saturated heterocycles. The summed E-state index contributed by atoms with van der Waals surface area (Å²) in [7, 11) is 0. The summed E-state index contributed by atoms with van der Waals surface area (Å²) in [5.74, 6) is 0.0696. The molecule has 0 unspecified atom stereocenters. The van der Waals surface area contributed by atoms with E-state index in [1.54, 1.807) is 6.07 Å². The zero-order chi connectivity index (χ0) is 14.0. The second-order valence-electron chi connectivity index (χ2n) is 4.71. The van der Waals surface area contributed by atoms with Crippen LogP contribution in [0.2, 0.25) is 5.02 Å². The number of hydrogen-bond donors (Lipinski definition) is 0. The fraction of sp³-hybridized carbons (Fsp3) is 0.333. The molecular formula is C15H17ClN2O. The van der Waals surface area contributed by atoms with Gasteiger partial charge in [0.1, 0.15) is 0 Å². The first-order valence-corrected chi connectivity index (χ1v) is 6.71. The van der Waals surface area contributed by atoms with Gasteiger partial charge in [-0.15, -0.1) is 0 Å². The van der Waals surface area contributed by atoms with Crippen LogP contribution in [-0.2, 0) is 13.0 Å². The van der Waals surface area contributed by atoms with Crippen molar-refractivity contribution in [2.45, 2.75) is 33.7 Å². The standard InChI is InChI=1S/C15H17ClN2O/c1-4-18-14(7-11(3)17-18)9-15(19)12-5-10(2)6-13(16)8-12/h5-8H,4,9H2,1-3H3. The van der Waals surface area contributed by atoms with E-state index in [-0.39, 0.29) is 5.78 Å². The van der Waals surface area contributed by atoms with Crippen molar-refractivity contribution in [3.05, 3.63) is 51.8 Å². The second-order valence-corrected chi connectivity index (χ2v) is 5.15. The lowest BCUT2D eigenvalue weighted by Gasteiger charge is -2.05. The van der Waals surface area contributed by atoms with E-state index in [2.05, 4.69) is 5.10 Å². The summed E-state index contributed by atoms with van der Waals surface area (Å²) in [6.45, 7) is 6.65. The number of benzene rings is 1. The molecule has 0 saturated carbocycles. The van der Waals surface area contributed by atoms with Crippen LogP contribution in [0, 0.1) is 13.8 Å². The summed E-state index contributed by atoms with van der Waals surface area (Å²) in [5, 5.41) is 4.95. The van der Waals surface area contributed by atoms with Crippen LogP contribution in [0.15, 0.2) is 24.3 Å². The Morgan fingerprint density at radius 2 is 2.00 bits per heavy atom. The van der Waals surface area contributed by atoms with Crippen LogP contribution in [-0.4, -0.2) is 15.6 Å². The number of hydrogen-bond acceptors (Lipinski definition) is 2. The minimum atomic E-state index is 0.0696. The van der Waals surface area contributed by atoms with Gasteiger partial charge in [0.25, 0.3) is 0 Å². The number of nitrogens with zero attached hydrogens (tertiary/aromatic N) is 2. The number of carbonyl (C=O) groups is 1. The summed E-state index contributed by atoms with van der Waals surface area (Å²) in [6.07, 6.45) is 0.356. The van der Waals surface area contributed by atoms with E-state index in [1.165, 1.54) is 0 Å². The number of rotatable bonds is 4. The van der Waals surface area contributed by atoms with E-state index in [9.17, 15) is 4.79 Å². The molecule has 0 aliphatic carbocycles. The number of Topliss-reactive ketones (excluding diaryl/α,β-unsaturated/α-hetero) is 1. The number of aromatic nitrogens is 2. The maximum atomic E-state index is 12.3. The third-order valence-electron chi connectivity index (χ3n) is 2.99. The molecular weight excluding hydrogens is 260 g/mol. The monoisotopic (exact) mass is 276 g/mol. The van der Waals surface area contributed by atoms with E-state index < -0.39 is 0 Å². The van der Waals surface area contributed by atoms with Crippen LogP contribution in [0.25, 0.3) is 0 Å². The molecule has 4 heteroatoms. The Hall–Kier alpha value is -1.61. The largest absolute Gasteiger partial charge is 0.294 e. The Balaban J connectivity index is 2.25. The van der Waals surface area contributed by atoms with Crippen LogP contribution in [0.3, 0.4) is 0 Å². The fourth-order valence-electron chi connectivity index (χ4n) is 2.18. The van der Waals surface area contributed by atoms with Crippen molar-refractivity contribution in [2.75, 3.05) is 0 Å². The first kappa shape index (κ1) is 13.8. The van der Waals surface area contributed by atoms with Gasteiger partial charge in [-0.05, 0) is 50.6 Å². The van der Waals surface area contributed by atoms with Crippen LogP contribution < -0.4 is 0 Å². The number of aryl methyl sites for hydroxylation is 3. The van der Waals surface area contributed by atoms with E-state index in [0.717, 1.165) is 23.5 Å². The molecule has 100 valence electrons. The molecule has 0 bridgehead atoms. The third-order valence-corrected chi connectivity index (χ3v) is 3.21. The van der Waals surface area contributed by atoms with Gasteiger partial charge in [-0.2, -0.15) is 5.10 Å². The van der Waals surface area contributed by atoms with Crippen molar-refractivity contribution in [2.24, 2.45) is 0 Å². The van der Waals surface area contributed by atoms with Gasteiger partial charge in [0, 0.05) is 22.8 Å². The highest BCUT2D eigenvalue weighted by Crippen LogP contribution is 2.17. The van der Waals surface area contributed by atoms with Gasteiger partial charge >= 0.3 is 0 Å². The van der Waals surface area contributed by atoms with E-state index in [1.807, 2.05) is 43.7 Å². The maximum absolute atomic E-state index is 12.3. The molecule has 0 atom stereocenters. The highest BCUT2D eigenvalue weighted by Gasteiger charge is 2.12. The molecule has 3 nitrogen and oxygen atoms in total. The molecule has 0 radical (unpaired) electrons. The van der Waals surface area contributed by atoms with E-state index >= 15 is 0 Å². The Bertz CT molecular complexity index is 596. The zero-order valence-electron chi connectivity index (χ0n) is 11.4. The normalized spacial score (nSPS) is 10.7. The maximum Gasteiger partial charge on any atom is 0.168 e. The van der Waals surface area contributed by atoms with Crippen LogP contribution in [0.1, 0.15) is 34.2 Å². The first-order valence-electron chi connectivity index (χ1n) is 6.33. The van der Waals surface area contributed by atoms with Crippen LogP contribution in [0.5, 0.6) is 0 Å². The summed E-state index contributed by atoms with van der Waals surface area (Å²) in [5.41, 5.74) is 3.54. The van der Waals surface area contributed by atoms with Crippen molar-refractivity contribution < 1.29 is 4.79 Å². The predicted octanol–water partition coefficient (Wildman–Crippen LogP) is 3.60. The number of carbonyl (C=O) groups excluding carboxylic acids is 1. The van der Waals surface area contributed by atoms with Crippen molar-refractivity contribution in [1.29, 1.82) is 0 Å². The van der Waals surface area contributed by atoms with Crippen LogP contribution in [0.4, 0.5) is 0 Å². The van der Waals surface area contributed by atoms with Gasteiger partial charge in [-0.25, -0.2) is 0 Å². The van der Waals surface area contributed by atoms with Gasteiger partial charge in [-0.1, -0.05) is 11.6 Å². The molecule has 0 aliphatic heterocycles. The number of ketones is 1. The zero-order valence-corrected chi connectivity index (χ0v) is 12.2. The van der Waals surface area contributed by atoms with Gasteiger partial charge < -0.3 is 0 Å². The quantitative estimate of drug-likeness (QED) is 0.800. The lowest BCUT2D eigenvalue weighted by molar-refractivity contribution is 0.0990. The van der Waals surface area contributed by atoms with Crippen molar-refractivity contribution in [3.8, 4) is 0 Å². The average molecular weight is 277 g/mol. The lowest BCUT2D eigenvalue weighted by Crippen LogP contribution is -2.10. The smallest absolute Gasteiger partial charge is 0.168 e. The summed E-state index contributed by atoms with van der Waals surface area (Å²) >= 11 is 5.99. The van der Waals surface area contributed by atoms with Crippen molar-refractivity contribution >= 4 is 17.4 Å². The van der Waals surface area contributed by atoms with Crippen molar-refractivity contribution in [3.63, 3.8) is 0 Å². The Morgan fingerprint density at radius 3 is 2.63 bits per heavy atom. The predicted molar refractivity (Wildman–Crippen MR) is 76.9 cm³/mol.